The Morgan fingerprint density at radius 3 is 2.21 bits per heavy atom. The summed E-state index contributed by atoms with van der Waals surface area (Å²) in [5.74, 6) is 0.0620. The molecule has 0 spiro atoms. The van der Waals surface area contributed by atoms with Crippen molar-refractivity contribution < 1.29 is 4.79 Å². The lowest BCUT2D eigenvalue weighted by Crippen LogP contribution is -2.49. The summed E-state index contributed by atoms with van der Waals surface area (Å²) in [5.41, 5.74) is 8.10. The van der Waals surface area contributed by atoms with E-state index in [0.717, 1.165) is 39.1 Å². The molecule has 0 radical (unpaired) electrons. The van der Waals surface area contributed by atoms with Crippen LogP contribution in [0.15, 0.2) is 24.3 Å². The van der Waals surface area contributed by atoms with Gasteiger partial charge in [0.2, 0.25) is 5.91 Å². The summed E-state index contributed by atoms with van der Waals surface area (Å²) >= 11 is 0. The van der Waals surface area contributed by atoms with E-state index in [-0.39, 0.29) is 12.5 Å². The highest BCUT2D eigenvalue weighted by atomic mass is 16.2. The molecule has 2 rings (SSSR count). The van der Waals surface area contributed by atoms with Crippen molar-refractivity contribution in [3.63, 3.8) is 0 Å². The van der Waals surface area contributed by atoms with Gasteiger partial charge in [-0.05, 0) is 17.5 Å². The van der Waals surface area contributed by atoms with Crippen LogP contribution in [0.25, 0.3) is 0 Å². The average molecular weight is 261 g/mol. The molecule has 0 aromatic heterocycles. The number of carbonyl (C=O) groups excluding carboxylic acids is 1. The predicted octanol–water partition coefficient (Wildman–Crippen LogP) is 0.852. The maximum Gasteiger partial charge on any atom is 0.236 e. The maximum atomic E-state index is 11.5. The van der Waals surface area contributed by atoms with Crippen LogP contribution < -0.4 is 5.73 Å². The van der Waals surface area contributed by atoms with E-state index in [0.29, 0.717) is 0 Å². The lowest BCUT2D eigenvalue weighted by atomic mass is 10.1. The Labute approximate surface area is 115 Å². The largest absolute Gasteiger partial charge is 0.339 e. The first-order valence-corrected chi connectivity index (χ1v) is 7.01. The first-order chi connectivity index (χ1) is 9.22. The second kappa shape index (κ2) is 6.68. The van der Waals surface area contributed by atoms with Gasteiger partial charge in [0.1, 0.15) is 0 Å². The molecule has 1 aliphatic heterocycles. The van der Waals surface area contributed by atoms with Crippen molar-refractivity contribution in [2.24, 2.45) is 5.73 Å². The summed E-state index contributed by atoms with van der Waals surface area (Å²) in [5, 5.41) is 0. The molecular weight excluding hydrogens is 238 g/mol. The van der Waals surface area contributed by atoms with Crippen LogP contribution >= 0.6 is 0 Å². The number of nitrogens with two attached hydrogens (primary N) is 1. The highest BCUT2D eigenvalue weighted by molar-refractivity contribution is 5.78. The third kappa shape index (κ3) is 3.78. The molecule has 0 aliphatic carbocycles. The Morgan fingerprint density at radius 2 is 1.68 bits per heavy atom. The van der Waals surface area contributed by atoms with Gasteiger partial charge in [0, 0.05) is 32.7 Å². The zero-order valence-electron chi connectivity index (χ0n) is 11.6. The zero-order chi connectivity index (χ0) is 13.7. The highest BCUT2D eigenvalue weighted by Crippen LogP contribution is 2.10. The minimum absolute atomic E-state index is 0.0620. The van der Waals surface area contributed by atoms with Crippen LogP contribution in [-0.4, -0.2) is 48.4 Å². The maximum absolute atomic E-state index is 11.5. The van der Waals surface area contributed by atoms with Gasteiger partial charge < -0.3 is 10.6 Å². The number of rotatable bonds is 4. The molecule has 1 fully saturated rings. The van der Waals surface area contributed by atoms with Gasteiger partial charge in [-0.3, -0.25) is 9.69 Å². The molecule has 1 heterocycles. The molecule has 0 bridgehead atoms. The van der Waals surface area contributed by atoms with Gasteiger partial charge in [-0.25, -0.2) is 0 Å². The van der Waals surface area contributed by atoms with Gasteiger partial charge in [-0.1, -0.05) is 31.2 Å². The Hall–Kier alpha value is -1.39. The van der Waals surface area contributed by atoms with Crippen LogP contribution in [0, 0.1) is 0 Å². The second-order valence-corrected chi connectivity index (χ2v) is 5.03. The molecule has 19 heavy (non-hydrogen) atoms. The fraction of sp³-hybridized carbons (Fsp3) is 0.533. The molecule has 1 aromatic carbocycles. The Bertz CT molecular complexity index is 408. The molecular formula is C15H23N3O. The van der Waals surface area contributed by atoms with E-state index in [1.807, 2.05) is 4.90 Å². The van der Waals surface area contributed by atoms with E-state index in [1.165, 1.54) is 11.1 Å². The second-order valence-electron chi connectivity index (χ2n) is 5.03. The van der Waals surface area contributed by atoms with Crippen LogP contribution in [0.5, 0.6) is 0 Å². The van der Waals surface area contributed by atoms with Crippen LogP contribution in [0.1, 0.15) is 18.1 Å². The fourth-order valence-corrected chi connectivity index (χ4v) is 2.42. The number of amides is 1. The van der Waals surface area contributed by atoms with Crippen molar-refractivity contribution in [1.29, 1.82) is 0 Å². The number of hydrogen-bond donors (Lipinski definition) is 1. The first-order valence-electron chi connectivity index (χ1n) is 7.01. The molecule has 1 saturated heterocycles. The summed E-state index contributed by atoms with van der Waals surface area (Å²) < 4.78 is 0. The van der Waals surface area contributed by atoms with Crippen LogP contribution in [0.2, 0.25) is 0 Å². The Morgan fingerprint density at radius 1 is 1.11 bits per heavy atom. The summed E-state index contributed by atoms with van der Waals surface area (Å²) in [6.45, 7) is 6.71. The number of carbonyl (C=O) groups is 1. The SMILES string of the molecule is CCc1ccc(CN2CCN(C(=O)CN)CC2)cc1. The number of piperazine rings is 1. The quantitative estimate of drug-likeness (QED) is 0.874. The van der Waals surface area contributed by atoms with E-state index >= 15 is 0 Å². The zero-order valence-corrected chi connectivity index (χ0v) is 11.6. The Balaban J connectivity index is 1.83. The molecule has 4 heteroatoms. The summed E-state index contributed by atoms with van der Waals surface area (Å²) in [4.78, 5) is 15.7. The summed E-state index contributed by atoms with van der Waals surface area (Å²) in [6, 6.07) is 8.81. The fourth-order valence-electron chi connectivity index (χ4n) is 2.42. The monoisotopic (exact) mass is 261 g/mol. The normalized spacial score (nSPS) is 16.6. The predicted molar refractivity (Wildman–Crippen MR) is 76.7 cm³/mol. The topological polar surface area (TPSA) is 49.6 Å². The lowest BCUT2D eigenvalue weighted by Gasteiger charge is -2.34. The third-order valence-corrected chi connectivity index (χ3v) is 3.74. The van der Waals surface area contributed by atoms with Gasteiger partial charge in [-0.2, -0.15) is 0 Å². The van der Waals surface area contributed by atoms with Gasteiger partial charge in [-0.15, -0.1) is 0 Å². The Kier molecular flexibility index (Phi) is 4.93. The molecule has 1 aliphatic rings. The van der Waals surface area contributed by atoms with Crippen molar-refractivity contribution in [2.75, 3.05) is 32.7 Å². The minimum Gasteiger partial charge on any atom is -0.339 e. The van der Waals surface area contributed by atoms with Crippen molar-refractivity contribution in [3.05, 3.63) is 35.4 Å². The molecule has 4 nitrogen and oxygen atoms in total. The number of aryl methyl sites for hydroxylation is 1. The molecule has 1 aromatic rings. The van der Waals surface area contributed by atoms with E-state index < -0.39 is 0 Å². The summed E-state index contributed by atoms with van der Waals surface area (Å²) in [7, 11) is 0. The van der Waals surface area contributed by atoms with E-state index in [2.05, 4.69) is 36.1 Å². The molecule has 1 amide bonds. The number of hydrogen-bond acceptors (Lipinski definition) is 3. The number of nitrogens with zero attached hydrogens (tertiary/aromatic N) is 2. The molecule has 2 N–H and O–H groups in total. The van der Waals surface area contributed by atoms with Gasteiger partial charge in [0.25, 0.3) is 0 Å². The molecule has 104 valence electrons. The van der Waals surface area contributed by atoms with Crippen LogP contribution in [0.3, 0.4) is 0 Å². The minimum atomic E-state index is 0.0620. The van der Waals surface area contributed by atoms with E-state index in [1.54, 1.807) is 0 Å². The van der Waals surface area contributed by atoms with Gasteiger partial charge in [0.05, 0.1) is 6.54 Å². The molecule has 0 unspecified atom stereocenters. The first kappa shape index (κ1) is 14.0. The number of benzene rings is 1. The van der Waals surface area contributed by atoms with Crippen LogP contribution in [0.4, 0.5) is 0 Å². The van der Waals surface area contributed by atoms with Crippen molar-refractivity contribution in [1.82, 2.24) is 9.80 Å². The van der Waals surface area contributed by atoms with E-state index in [4.69, 9.17) is 5.73 Å². The van der Waals surface area contributed by atoms with Crippen molar-refractivity contribution in [2.45, 2.75) is 19.9 Å². The smallest absolute Gasteiger partial charge is 0.236 e. The van der Waals surface area contributed by atoms with Crippen molar-refractivity contribution >= 4 is 5.91 Å². The summed E-state index contributed by atoms with van der Waals surface area (Å²) in [6.07, 6.45) is 1.08. The van der Waals surface area contributed by atoms with Gasteiger partial charge in [0.15, 0.2) is 0 Å². The van der Waals surface area contributed by atoms with Gasteiger partial charge >= 0.3 is 0 Å². The highest BCUT2D eigenvalue weighted by Gasteiger charge is 2.19. The molecule has 0 atom stereocenters. The average Bonchev–Trinajstić information content (AvgIpc) is 2.48. The standard InChI is InChI=1S/C15H23N3O/c1-2-13-3-5-14(6-4-13)12-17-7-9-18(10-8-17)15(19)11-16/h3-6H,2,7-12,16H2,1H3. The lowest BCUT2D eigenvalue weighted by molar-refractivity contribution is -0.131. The van der Waals surface area contributed by atoms with Crippen molar-refractivity contribution in [3.8, 4) is 0 Å². The third-order valence-electron chi connectivity index (χ3n) is 3.74. The molecule has 0 saturated carbocycles. The van der Waals surface area contributed by atoms with E-state index in [9.17, 15) is 4.79 Å². The van der Waals surface area contributed by atoms with Crippen LogP contribution in [-0.2, 0) is 17.8 Å².